The first-order chi connectivity index (χ1) is 16.8. The Labute approximate surface area is 208 Å². The van der Waals surface area contributed by atoms with Gasteiger partial charge in [0.25, 0.3) is 0 Å². The number of rotatable bonds is 9. The molecule has 4 aliphatic rings. The fourth-order valence-electron chi connectivity index (χ4n) is 6.55. The van der Waals surface area contributed by atoms with Crippen molar-refractivity contribution in [3.8, 4) is 0 Å². The minimum absolute atomic E-state index is 0.133. The molecule has 1 unspecified atom stereocenters. The van der Waals surface area contributed by atoms with E-state index in [1.165, 1.54) is 0 Å². The Morgan fingerprint density at radius 2 is 1.86 bits per heavy atom. The normalized spacial score (nSPS) is 35.0. The molecule has 1 spiro atoms. The lowest BCUT2D eigenvalue weighted by Crippen LogP contribution is -2.59. The van der Waals surface area contributed by atoms with Crippen molar-refractivity contribution in [1.29, 1.82) is 0 Å². The zero-order valence-electron chi connectivity index (χ0n) is 21.4. The number of carbonyl (C=O) groups is 3. The predicted molar refractivity (Wildman–Crippen MR) is 130 cm³/mol. The third kappa shape index (κ3) is 4.12. The van der Waals surface area contributed by atoms with Crippen LogP contribution in [0.1, 0.15) is 59.8 Å². The van der Waals surface area contributed by atoms with Crippen LogP contribution in [-0.2, 0) is 23.9 Å². The van der Waals surface area contributed by atoms with Crippen LogP contribution in [0.3, 0.4) is 0 Å². The largest absolute Gasteiger partial charge is 0.461 e. The molecular weight excluding hydrogens is 448 g/mol. The van der Waals surface area contributed by atoms with Crippen molar-refractivity contribution in [2.24, 2.45) is 17.8 Å². The summed E-state index contributed by atoms with van der Waals surface area (Å²) in [5, 5.41) is 10.3. The van der Waals surface area contributed by atoms with Crippen LogP contribution in [0.5, 0.6) is 0 Å². The summed E-state index contributed by atoms with van der Waals surface area (Å²) in [4.78, 5) is 45.0. The first kappa shape index (κ1) is 25.9. The molecule has 8 heteroatoms. The molecule has 2 fully saturated rings. The van der Waals surface area contributed by atoms with E-state index in [4.69, 9.17) is 9.47 Å². The number of amides is 2. The van der Waals surface area contributed by atoms with Gasteiger partial charge in [-0.15, -0.1) is 0 Å². The summed E-state index contributed by atoms with van der Waals surface area (Å²) < 4.78 is 12.3. The molecule has 0 aromatic rings. The van der Waals surface area contributed by atoms with Crippen LogP contribution in [0.4, 0.5) is 0 Å². The van der Waals surface area contributed by atoms with Gasteiger partial charge in [-0.1, -0.05) is 58.8 Å². The van der Waals surface area contributed by atoms with Gasteiger partial charge < -0.3 is 24.4 Å². The van der Waals surface area contributed by atoms with Crippen LogP contribution >= 0.6 is 0 Å². The smallest absolute Gasteiger partial charge is 0.313 e. The summed E-state index contributed by atoms with van der Waals surface area (Å²) in [5.74, 6) is -2.50. The number of unbranched alkanes of at least 4 members (excludes halogenated alkanes) is 2. The minimum atomic E-state index is -1.29. The summed E-state index contributed by atoms with van der Waals surface area (Å²) >= 11 is 0. The van der Waals surface area contributed by atoms with Gasteiger partial charge in [-0.25, -0.2) is 0 Å². The second-order valence-corrected chi connectivity index (χ2v) is 10.8. The summed E-state index contributed by atoms with van der Waals surface area (Å²) in [6, 6.07) is -1.48. The lowest BCUT2D eigenvalue weighted by molar-refractivity contribution is -0.161. The van der Waals surface area contributed by atoms with E-state index >= 15 is 0 Å². The van der Waals surface area contributed by atoms with Gasteiger partial charge in [0.15, 0.2) is 0 Å². The van der Waals surface area contributed by atoms with Crippen molar-refractivity contribution in [2.75, 3.05) is 26.3 Å². The van der Waals surface area contributed by atoms with Crippen LogP contribution in [-0.4, -0.2) is 82.3 Å². The summed E-state index contributed by atoms with van der Waals surface area (Å²) in [5.41, 5.74) is -2.31. The molecule has 8 nitrogen and oxygen atoms in total. The molecule has 4 heterocycles. The second-order valence-electron chi connectivity index (χ2n) is 10.8. The fourth-order valence-corrected chi connectivity index (χ4v) is 6.55. The monoisotopic (exact) mass is 488 g/mol. The quantitative estimate of drug-likeness (QED) is 0.304. The van der Waals surface area contributed by atoms with E-state index < -0.39 is 41.1 Å². The maximum Gasteiger partial charge on any atom is 0.313 e. The third-order valence-corrected chi connectivity index (χ3v) is 8.10. The van der Waals surface area contributed by atoms with E-state index in [0.717, 1.165) is 19.3 Å². The molecule has 0 aromatic heterocycles. The molecule has 2 saturated heterocycles. The van der Waals surface area contributed by atoms with Crippen LogP contribution in [0, 0.1) is 17.8 Å². The Hall–Kier alpha value is -2.19. The fraction of sp³-hybridized carbons (Fsp3) is 0.741. The van der Waals surface area contributed by atoms with Crippen molar-refractivity contribution in [3.63, 3.8) is 0 Å². The van der Waals surface area contributed by atoms with Crippen LogP contribution in [0.2, 0.25) is 0 Å². The highest BCUT2D eigenvalue weighted by Gasteiger charge is 2.76. The molecule has 0 saturated carbocycles. The molecule has 4 aliphatic heterocycles. The Morgan fingerprint density at radius 1 is 1.09 bits per heavy atom. The predicted octanol–water partition coefficient (Wildman–Crippen LogP) is 2.46. The van der Waals surface area contributed by atoms with Crippen LogP contribution in [0.15, 0.2) is 24.3 Å². The molecule has 1 N–H and O–H groups in total. The molecule has 0 radical (unpaired) electrons. The second kappa shape index (κ2) is 10.1. The van der Waals surface area contributed by atoms with E-state index in [0.29, 0.717) is 25.9 Å². The number of hydrogen-bond donors (Lipinski definition) is 1. The third-order valence-electron chi connectivity index (χ3n) is 8.10. The number of cyclic esters (lactones) is 1. The van der Waals surface area contributed by atoms with E-state index in [-0.39, 0.29) is 30.9 Å². The topological polar surface area (TPSA) is 96.4 Å². The first-order valence-corrected chi connectivity index (χ1v) is 13.2. The van der Waals surface area contributed by atoms with Gasteiger partial charge in [0.2, 0.25) is 11.8 Å². The average molecular weight is 489 g/mol. The molecule has 35 heavy (non-hydrogen) atoms. The lowest BCUT2D eigenvalue weighted by Gasteiger charge is -2.41. The lowest BCUT2D eigenvalue weighted by atomic mass is 9.73. The molecule has 0 aliphatic carbocycles. The zero-order chi connectivity index (χ0) is 25.4. The van der Waals surface area contributed by atoms with Gasteiger partial charge in [0.05, 0.1) is 18.6 Å². The molecule has 194 valence electrons. The van der Waals surface area contributed by atoms with E-state index in [9.17, 15) is 19.5 Å². The molecular formula is C27H40N2O6. The number of nitrogens with zero attached hydrogens (tertiary/aromatic N) is 2. The molecule has 4 rings (SSSR count). The van der Waals surface area contributed by atoms with Crippen molar-refractivity contribution < 1.29 is 29.0 Å². The standard InChI is InChI=1S/C27H40N2O6/c1-5-7-8-13-28-14-9-12-27-20(21-25(33)34-15-10-11-26(21,6-2)35-27)23(31)29(22(27)24(28)32)19(17-30)16-18(3)4/h9-12,18-22,30H,5-8,13-17H2,1-4H3/t19-,20+,21-,22?,26+,27+/m1/s1. The van der Waals surface area contributed by atoms with E-state index in [1.54, 1.807) is 15.9 Å². The van der Waals surface area contributed by atoms with E-state index in [2.05, 4.69) is 6.92 Å². The molecule has 0 bridgehead atoms. The Kier molecular flexibility index (Phi) is 7.44. The maximum atomic E-state index is 14.2. The Balaban J connectivity index is 1.84. The number of ether oxygens (including phenoxy) is 2. The average Bonchev–Trinajstić information content (AvgIpc) is 3.11. The number of aliphatic hydroxyl groups excluding tert-OH is 1. The summed E-state index contributed by atoms with van der Waals surface area (Å²) in [7, 11) is 0. The zero-order valence-corrected chi connectivity index (χ0v) is 21.4. The highest BCUT2D eigenvalue weighted by atomic mass is 16.6. The molecule has 2 amide bonds. The Morgan fingerprint density at radius 3 is 2.51 bits per heavy atom. The number of hydrogen-bond acceptors (Lipinski definition) is 6. The van der Waals surface area contributed by atoms with Gasteiger partial charge in [0.1, 0.15) is 29.8 Å². The first-order valence-electron chi connectivity index (χ1n) is 13.2. The summed E-state index contributed by atoms with van der Waals surface area (Å²) in [6.45, 7) is 8.99. The molecule has 0 aromatic carbocycles. The number of aliphatic hydroxyl groups is 1. The number of fused-ring (bicyclic) bond motifs is 2. The van der Waals surface area contributed by atoms with Crippen molar-refractivity contribution >= 4 is 17.8 Å². The van der Waals surface area contributed by atoms with Crippen molar-refractivity contribution in [1.82, 2.24) is 9.80 Å². The van der Waals surface area contributed by atoms with Gasteiger partial charge in [0, 0.05) is 13.1 Å². The van der Waals surface area contributed by atoms with Crippen molar-refractivity contribution in [2.45, 2.75) is 83.1 Å². The highest BCUT2D eigenvalue weighted by Crippen LogP contribution is 2.58. The van der Waals surface area contributed by atoms with Gasteiger partial charge >= 0.3 is 5.97 Å². The number of likely N-dealkylation sites (tertiary alicyclic amines) is 1. The highest BCUT2D eigenvalue weighted by molar-refractivity contribution is 5.99. The Bertz CT molecular complexity index is 900. The number of esters is 1. The maximum absolute atomic E-state index is 14.2. The van der Waals surface area contributed by atoms with Gasteiger partial charge in [-0.3, -0.25) is 14.4 Å². The van der Waals surface area contributed by atoms with Crippen molar-refractivity contribution in [3.05, 3.63) is 24.3 Å². The summed E-state index contributed by atoms with van der Waals surface area (Å²) in [6.07, 6.45) is 11.3. The van der Waals surface area contributed by atoms with E-state index in [1.807, 2.05) is 39.0 Å². The minimum Gasteiger partial charge on any atom is -0.461 e. The van der Waals surface area contributed by atoms with Gasteiger partial charge in [-0.05, 0) is 31.3 Å². The SMILES string of the molecule is CCCCCN1CC=C[C@]23O[C@@]4(CC)C=CCOC(=O)[C@H]4[C@H]2C(=O)N([C@@H](CO)CC(C)C)C3C1=O. The van der Waals surface area contributed by atoms with Gasteiger partial charge in [-0.2, -0.15) is 0 Å². The molecule has 6 atom stereocenters. The van der Waals surface area contributed by atoms with Crippen LogP contribution in [0.25, 0.3) is 0 Å². The van der Waals surface area contributed by atoms with Crippen LogP contribution < -0.4 is 0 Å². The number of carbonyl (C=O) groups excluding carboxylic acids is 3.